The molecule has 1 fully saturated rings. The van der Waals surface area contributed by atoms with Gasteiger partial charge < -0.3 is 5.11 Å². The number of hydrogen-bond donors (Lipinski definition) is 3. The van der Waals surface area contributed by atoms with Gasteiger partial charge in [0.15, 0.2) is 0 Å². The average molecular weight is 280 g/mol. The van der Waals surface area contributed by atoms with Crippen LogP contribution in [0.4, 0.5) is 5.69 Å². The molecule has 1 aliphatic rings. The van der Waals surface area contributed by atoms with Crippen LogP contribution in [0.1, 0.15) is 24.8 Å². The lowest BCUT2D eigenvalue weighted by Gasteiger charge is -2.08. The minimum atomic E-state index is -3.50. The van der Waals surface area contributed by atoms with Gasteiger partial charge in [0.1, 0.15) is 0 Å². The molecule has 1 aromatic rings. The topological polar surface area (TPSA) is 78.4 Å². The second-order valence-electron chi connectivity index (χ2n) is 4.35. The van der Waals surface area contributed by atoms with Crippen LogP contribution in [0.3, 0.4) is 0 Å². The molecule has 0 amide bonds. The monoisotopic (exact) mass is 280 g/mol. The van der Waals surface area contributed by atoms with Gasteiger partial charge in [0.05, 0.1) is 12.3 Å². The van der Waals surface area contributed by atoms with Crippen LogP contribution in [0.15, 0.2) is 24.3 Å². The lowest BCUT2D eigenvalue weighted by Crippen LogP contribution is -2.31. The van der Waals surface area contributed by atoms with Gasteiger partial charge in [-0.05, 0) is 31.0 Å². The first-order valence-corrected chi connectivity index (χ1v) is 7.57. The maximum atomic E-state index is 11.7. The predicted octanol–water partition coefficient (Wildman–Crippen LogP) is 0.829. The summed E-state index contributed by atoms with van der Waals surface area (Å²) in [5.74, 6) is 5.65. The predicted molar refractivity (Wildman–Crippen MR) is 73.7 cm³/mol. The van der Waals surface area contributed by atoms with Crippen molar-refractivity contribution in [1.29, 1.82) is 0 Å². The van der Waals surface area contributed by atoms with Crippen molar-refractivity contribution < 1.29 is 13.5 Å². The Morgan fingerprint density at radius 2 is 2.16 bits per heavy atom. The Bertz CT molecular complexity index is 598. The van der Waals surface area contributed by atoms with Crippen molar-refractivity contribution in [2.24, 2.45) is 0 Å². The van der Waals surface area contributed by atoms with Crippen LogP contribution in [0, 0.1) is 11.8 Å². The van der Waals surface area contributed by atoms with Crippen LogP contribution in [0.5, 0.6) is 0 Å². The summed E-state index contributed by atoms with van der Waals surface area (Å²) in [6, 6.07) is 6.93. The summed E-state index contributed by atoms with van der Waals surface area (Å²) in [6.45, 7) is 0.0185. The molecule has 5 nitrogen and oxygen atoms in total. The van der Waals surface area contributed by atoms with E-state index in [-0.39, 0.29) is 12.6 Å². The molecule has 0 aliphatic heterocycles. The zero-order chi connectivity index (χ0) is 13.7. The Balaban J connectivity index is 2.04. The number of anilines is 1. The molecular weight excluding hydrogens is 264 g/mol. The fraction of sp³-hybridized carbons (Fsp3) is 0.385. The first-order chi connectivity index (χ1) is 9.09. The van der Waals surface area contributed by atoms with E-state index >= 15 is 0 Å². The molecule has 0 heterocycles. The van der Waals surface area contributed by atoms with E-state index in [4.69, 9.17) is 5.11 Å². The largest absolute Gasteiger partial charge is 0.395 e. The van der Waals surface area contributed by atoms with Gasteiger partial charge in [0.2, 0.25) is 0 Å². The molecule has 0 aromatic heterocycles. The second kappa shape index (κ2) is 6.06. The lowest BCUT2D eigenvalue weighted by atomic mass is 10.2. The third-order valence-electron chi connectivity index (χ3n) is 2.48. The van der Waals surface area contributed by atoms with Gasteiger partial charge in [-0.3, -0.25) is 4.72 Å². The molecule has 0 unspecified atom stereocenters. The van der Waals surface area contributed by atoms with Gasteiger partial charge in [0.25, 0.3) is 10.2 Å². The number of benzene rings is 1. The molecular formula is C13H16N2O3S. The van der Waals surface area contributed by atoms with Gasteiger partial charge in [-0.15, -0.1) is 0 Å². The first kappa shape index (κ1) is 13.9. The third kappa shape index (κ3) is 4.91. The highest BCUT2D eigenvalue weighted by molar-refractivity contribution is 7.90. The number of aliphatic hydroxyl groups is 1. The fourth-order valence-electron chi connectivity index (χ4n) is 1.49. The molecule has 19 heavy (non-hydrogen) atoms. The van der Waals surface area contributed by atoms with Crippen LogP contribution in [-0.4, -0.2) is 26.2 Å². The molecule has 0 atom stereocenters. The molecule has 1 aromatic carbocycles. The highest BCUT2D eigenvalue weighted by atomic mass is 32.2. The maximum absolute atomic E-state index is 11.7. The molecule has 0 bridgehead atoms. The van der Waals surface area contributed by atoms with Crippen LogP contribution in [0.2, 0.25) is 0 Å². The Morgan fingerprint density at radius 3 is 2.84 bits per heavy atom. The summed E-state index contributed by atoms with van der Waals surface area (Å²) in [6.07, 6.45) is 2.19. The zero-order valence-electron chi connectivity index (χ0n) is 10.4. The van der Waals surface area contributed by atoms with E-state index in [1.54, 1.807) is 24.3 Å². The minimum Gasteiger partial charge on any atom is -0.395 e. The number of aliphatic hydroxyl groups excluding tert-OH is 1. The van der Waals surface area contributed by atoms with E-state index in [0.717, 1.165) is 12.8 Å². The number of rotatable bonds is 5. The molecule has 0 spiro atoms. The summed E-state index contributed by atoms with van der Waals surface area (Å²) < 4.78 is 28.5. The second-order valence-corrected chi connectivity index (χ2v) is 5.80. The highest BCUT2D eigenvalue weighted by Crippen LogP contribution is 2.20. The van der Waals surface area contributed by atoms with Crippen molar-refractivity contribution in [2.45, 2.75) is 25.3 Å². The summed E-state index contributed by atoms with van der Waals surface area (Å²) in [7, 11) is -3.50. The average Bonchev–Trinajstić information content (AvgIpc) is 3.12. The van der Waals surface area contributed by atoms with Gasteiger partial charge >= 0.3 is 0 Å². The van der Waals surface area contributed by atoms with E-state index < -0.39 is 10.2 Å². The SMILES string of the molecule is O=S(=O)(Nc1cccc(C#CCCO)c1)NC1CC1. The van der Waals surface area contributed by atoms with Crippen LogP contribution in [0.25, 0.3) is 0 Å². The summed E-state index contributed by atoms with van der Waals surface area (Å²) in [4.78, 5) is 0. The van der Waals surface area contributed by atoms with E-state index in [0.29, 0.717) is 17.7 Å². The zero-order valence-corrected chi connectivity index (χ0v) is 11.2. The lowest BCUT2D eigenvalue weighted by molar-refractivity contribution is 0.305. The van der Waals surface area contributed by atoms with Crippen LogP contribution >= 0.6 is 0 Å². The standard InChI is InChI=1S/C13H16N2O3S/c16-9-2-1-4-11-5-3-6-13(10-11)15-19(17,18)14-12-7-8-12/h3,5-6,10,12,14-16H,2,7-9H2. The molecule has 2 rings (SSSR count). The van der Waals surface area contributed by atoms with Crippen LogP contribution in [-0.2, 0) is 10.2 Å². The summed E-state index contributed by atoms with van der Waals surface area (Å²) in [5.41, 5.74) is 1.18. The Hall–Kier alpha value is -1.55. The van der Waals surface area contributed by atoms with Gasteiger partial charge in [-0.2, -0.15) is 13.1 Å². The van der Waals surface area contributed by atoms with Gasteiger partial charge in [-0.25, -0.2) is 0 Å². The summed E-state index contributed by atoms with van der Waals surface area (Å²) >= 11 is 0. The number of hydrogen-bond acceptors (Lipinski definition) is 3. The van der Waals surface area contributed by atoms with Crippen molar-refractivity contribution in [3.05, 3.63) is 29.8 Å². The van der Waals surface area contributed by atoms with Crippen molar-refractivity contribution in [3.8, 4) is 11.8 Å². The Morgan fingerprint density at radius 1 is 1.37 bits per heavy atom. The molecule has 1 aliphatic carbocycles. The molecule has 0 radical (unpaired) electrons. The van der Waals surface area contributed by atoms with Crippen LogP contribution < -0.4 is 9.44 Å². The minimum absolute atomic E-state index is 0.0185. The molecule has 102 valence electrons. The molecule has 3 N–H and O–H groups in total. The van der Waals surface area contributed by atoms with Crippen molar-refractivity contribution in [1.82, 2.24) is 4.72 Å². The normalized spacial score (nSPS) is 14.6. The van der Waals surface area contributed by atoms with Crippen molar-refractivity contribution in [2.75, 3.05) is 11.3 Å². The third-order valence-corrected chi connectivity index (χ3v) is 3.63. The highest BCUT2D eigenvalue weighted by Gasteiger charge is 2.26. The van der Waals surface area contributed by atoms with Gasteiger partial charge in [-0.1, -0.05) is 17.9 Å². The Kier molecular flexibility index (Phi) is 4.43. The van der Waals surface area contributed by atoms with Crippen molar-refractivity contribution >= 4 is 15.9 Å². The smallest absolute Gasteiger partial charge is 0.299 e. The quantitative estimate of drug-likeness (QED) is 0.699. The van der Waals surface area contributed by atoms with E-state index in [2.05, 4.69) is 21.3 Å². The van der Waals surface area contributed by atoms with E-state index in [1.165, 1.54) is 0 Å². The fourth-order valence-corrected chi connectivity index (χ4v) is 2.66. The van der Waals surface area contributed by atoms with Gasteiger partial charge in [0, 0.05) is 18.0 Å². The summed E-state index contributed by atoms with van der Waals surface area (Å²) in [5, 5.41) is 8.64. The van der Waals surface area contributed by atoms with E-state index in [9.17, 15) is 8.42 Å². The number of nitrogens with one attached hydrogen (secondary N) is 2. The molecule has 1 saturated carbocycles. The first-order valence-electron chi connectivity index (χ1n) is 6.09. The molecule has 0 saturated heterocycles. The maximum Gasteiger partial charge on any atom is 0.299 e. The van der Waals surface area contributed by atoms with Crippen molar-refractivity contribution in [3.63, 3.8) is 0 Å². The van der Waals surface area contributed by atoms with E-state index in [1.807, 2.05) is 0 Å². The molecule has 6 heteroatoms. The Labute approximate surface area is 113 Å².